The molecule has 1 fully saturated rings. The van der Waals surface area contributed by atoms with E-state index in [2.05, 4.69) is 33.1 Å². The van der Waals surface area contributed by atoms with Crippen LogP contribution in [0.15, 0.2) is 36.9 Å². The lowest BCUT2D eigenvalue weighted by Gasteiger charge is -2.40. The van der Waals surface area contributed by atoms with Crippen LogP contribution >= 0.6 is 0 Å². The minimum Gasteiger partial charge on any atom is -0.353 e. The molecule has 2 aromatic heterocycles. The molecule has 7 heteroatoms. The smallest absolute Gasteiger partial charge is 0.317 e. The molecule has 1 aliphatic rings. The average molecular weight is 358 g/mol. The van der Waals surface area contributed by atoms with E-state index >= 15 is 0 Å². The van der Waals surface area contributed by atoms with Gasteiger partial charge in [0.05, 0.1) is 6.20 Å². The fraction of sp³-hybridized carbons (Fsp3) is 0.579. The van der Waals surface area contributed by atoms with Crippen LogP contribution in [0.2, 0.25) is 0 Å². The molecule has 0 aliphatic carbocycles. The van der Waals surface area contributed by atoms with Crippen molar-refractivity contribution < 1.29 is 4.79 Å². The summed E-state index contributed by atoms with van der Waals surface area (Å²) in [7, 11) is 6.01. The highest BCUT2D eigenvalue weighted by molar-refractivity contribution is 5.73. The van der Waals surface area contributed by atoms with Crippen LogP contribution in [0.25, 0.3) is 0 Å². The predicted octanol–water partition coefficient (Wildman–Crippen LogP) is 1.95. The molecule has 0 radical (unpaired) electrons. The van der Waals surface area contributed by atoms with Crippen LogP contribution in [-0.4, -0.2) is 63.9 Å². The zero-order valence-corrected chi connectivity index (χ0v) is 16.0. The number of nitrogens with one attached hydrogen (secondary N) is 1. The summed E-state index contributed by atoms with van der Waals surface area (Å²) in [6.07, 6.45) is 10.4. The third-order valence-corrected chi connectivity index (χ3v) is 5.24. The molecule has 3 heterocycles. The molecular formula is C19H30N6O. The third kappa shape index (κ3) is 4.46. The number of likely N-dealkylation sites (tertiary alicyclic amines) is 1. The number of urea groups is 1. The molecular weight excluding hydrogens is 328 g/mol. The minimum absolute atomic E-state index is 0.00433. The van der Waals surface area contributed by atoms with E-state index in [0.29, 0.717) is 18.5 Å². The number of hydrogen-bond donors (Lipinski definition) is 1. The molecule has 2 atom stereocenters. The fourth-order valence-electron chi connectivity index (χ4n) is 3.95. The molecule has 1 aliphatic heterocycles. The maximum absolute atomic E-state index is 12.4. The summed E-state index contributed by atoms with van der Waals surface area (Å²) in [6, 6.07) is 4.29. The second-order valence-corrected chi connectivity index (χ2v) is 7.31. The summed E-state index contributed by atoms with van der Waals surface area (Å²) in [5, 5.41) is 7.35. The first-order valence-corrected chi connectivity index (χ1v) is 9.33. The van der Waals surface area contributed by atoms with Crippen LogP contribution < -0.4 is 5.32 Å². The van der Waals surface area contributed by atoms with E-state index in [1.165, 1.54) is 12.0 Å². The van der Waals surface area contributed by atoms with E-state index in [-0.39, 0.29) is 6.03 Å². The normalized spacial score (nSPS) is 20.9. The molecule has 26 heavy (non-hydrogen) atoms. The highest BCUT2D eigenvalue weighted by atomic mass is 16.2. The predicted molar refractivity (Wildman–Crippen MR) is 102 cm³/mol. The number of aromatic nitrogens is 3. The Morgan fingerprint density at radius 3 is 2.81 bits per heavy atom. The van der Waals surface area contributed by atoms with Gasteiger partial charge in [0.2, 0.25) is 0 Å². The van der Waals surface area contributed by atoms with E-state index in [9.17, 15) is 4.79 Å². The van der Waals surface area contributed by atoms with Gasteiger partial charge in [-0.25, -0.2) is 4.79 Å². The van der Waals surface area contributed by atoms with Crippen molar-refractivity contribution in [3.63, 3.8) is 0 Å². The van der Waals surface area contributed by atoms with Crippen LogP contribution in [0.4, 0.5) is 4.79 Å². The number of carbonyl (C=O) groups excluding carboxylic acids is 1. The van der Waals surface area contributed by atoms with Gasteiger partial charge in [-0.15, -0.1) is 0 Å². The highest BCUT2D eigenvalue weighted by Gasteiger charge is 2.32. The van der Waals surface area contributed by atoms with E-state index in [1.807, 2.05) is 54.4 Å². The summed E-state index contributed by atoms with van der Waals surface area (Å²) in [6.45, 7) is 3.26. The summed E-state index contributed by atoms with van der Waals surface area (Å²) in [5.41, 5.74) is 1.24. The van der Waals surface area contributed by atoms with Crippen molar-refractivity contribution in [2.75, 3.05) is 33.7 Å². The van der Waals surface area contributed by atoms with Gasteiger partial charge in [0, 0.05) is 63.9 Å². The molecule has 3 rings (SSSR count). The molecule has 142 valence electrons. The minimum atomic E-state index is -0.00433. The van der Waals surface area contributed by atoms with E-state index in [1.54, 1.807) is 0 Å². The molecule has 0 spiro atoms. The quantitative estimate of drug-likeness (QED) is 0.859. The van der Waals surface area contributed by atoms with Crippen LogP contribution in [0.3, 0.4) is 0 Å². The van der Waals surface area contributed by atoms with E-state index in [0.717, 1.165) is 26.1 Å². The summed E-state index contributed by atoms with van der Waals surface area (Å²) < 4.78 is 3.92. The van der Waals surface area contributed by atoms with Gasteiger partial charge in [-0.1, -0.05) is 0 Å². The van der Waals surface area contributed by atoms with Gasteiger partial charge in [0.25, 0.3) is 0 Å². The molecule has 2 amide bonds. The number of hydrogen-bond acceptors (Lipinski definition) is 3. The van der Waals surface area contributed by atoms with Crippen molar-refractivity contribution in [1.29, 1.82) is 0 Å². The van der Waals surface area contributed by atoms with Gasteiger partial charge < -0.3 is 14.8 Å². The Morgan fingerprint density at radius 1 is 1.35 bits per heavy atom. The van der Waals surface area contributed by atoms with Gasteiger partial charge >= 0.3 is 6.03 Å². The average Bonchev–Trinajstić information content (AvgIpc) is 3.26. The molecule has 0 bridgehead atoms. The Kier molecular flexibility index (Phi) is 5.98. The van der Waals surface area contributed by atoms with E-state index in [4.69, 9.17) is 0 Å². The highest BCUT2D eigenvalue weighted by Crippen LogP contribution is 2.35. The Hall–Kier alpha value is -2.28. The SMILES string of the molecule is CN(C[C@@H]1CCCN(C)[C@H]1c1cnn(C)c1)C(=O)NCCn1cccc1. The first kappa shape index (κ1) is 18.5. The van der Waals surface area contributed by atoms with Gasteiger partial charge in [-0.05, 0) is 44.5 Å². The van der Waals surface area contributed by atoms with Gasteiger partial charge in [0.15, 0.2) is 0 Å². The lowest BCUT2D eigenvalue weighted by atomic mass is 9.86. The number of amides is 2. The number of nitrogens with zero attached hydrogens (tertiary/aromatic N) is 5. The Labute approximate surface area is 155 Å². The van der Waals surface area contributed by atoms with Crippen molar-refractivity contribution in [1.82, 2.24) is 29.5 Å². The van der Waals surface area contributed by atoms with Gasteiger partial charge in [-0.3, -0.25) is 9.58 Å². The third-order valence-electron chi connectivity index (χ3n) is 5.24. The Morgan fingerprint density at radius 2 is 2.12 bits per heavy atom. The van der Waals surface area contributed by atoms with Gasteiger partial charge in [0.1, 0.15) is 0 Å². The molecule has 7 nitrogen and oxygen atoms in total. The zero-order valence-electron chi connectivity index (χ0n) is 16.0. The number of aryl methyl sites for hydroxylation is 1. The number of rotatable bonds is 6. The second kappa shape index (κ2) is 8.40. The summed E-state index contributed by atoms with van der Waals surface area (Å²) >= 11 is 0. The lowest BCUT2D eigenvalue weighted by Crippen LogP contribution is -2.45. The standard InChI is InChI=1S/C19H30N6O/c1-22-9-6-7-16(18(22)17-13-21-24(3)15-17)14-23(2)19(26)20-8-12-25-10-4-5-11-25/h4-5,10-11,13,15-16,18H,6-9,12,14H2,1-3H3,(H,20,26)/t16-,18+/m0/s1. The van der Waals surface area contributed by atoms with Crippen molar-refractivity contribution >= 4 is 6.03 Å². The molecule has 1 N–H and O–H groups in total. The van der Waals surface area contributed by atoms with Crippen LogP contribution in [0, 0.1) is 5.92 Å². The van der Waals surface area contributed by atoms with Crippen molar-refractivity contribution in [2.24, 2.45) is 13.0 Å². The monoisotopic (exact) mass is 358 g/mol. The van der Waals surface area contributed by atoms with Crippen molar-refractivity contribution in [3.05, 3.63) is 42.5 Å². The molecule has 0 saturated carbocycles. The topological polar surface area (TPSA) is 58.3 Å². The van der Waals surface area contributed by atoms with Crippen LogP contribution in [0.5, 0.6) is 0 Å². The first-order chi connectivity index (χ1) is 12.5. The fourth-order valence-corrected chi connectivity index (χ4v) is 3.95. The van der Waals surface area contributed by atoms with Crippen molar-refractivity contribution in [2.45, 2.75) is 25.4 Å². The van der Waals surface area contributed by atoms with Crippen molar-refractivity contribution in [3.8, 4) is 0 Å². The lowest BCUT2D eigenvalue weighted by molar-refractivity contribution is 0.0995. The van der Waals surface area contributed by atoms with Crippen LogP contribution in [-0.2, 0) is 13.6 Å². The molecule has 0 unspecified atom stereocenters. The summed E-state index contributed by atoms with van der Waals surface area (Å²) in [4.78, 5) is 16.7. The Balaban J connectivity index is 1.55. The second-order valence-electron chi connectivity index (χ2n) is 7.31. The maximum Gasteiger partial charge on any atom is 0.317 e. The van der Waals surface area contributed by atoms with Crippen LogP contribution in [0.1, 0.15) is 24.4 Å². The van der Waals surface area contributed by atoms with Gasteiger partial charge in [-0.2, -0.15) is 5.10 Å². The zero-order chi connectivity index (χ0) is 18.5. The summed E-state index contributed by atoms with van der Waals surface area (Å²) in [5.74, 6) is 0.415. The molecule has 2 aromatic rings. The maximum atomic E-state index is 12.4. The Bertz CT molecular complexity index is 695. The van der Waals surface area contributed by atoms with E-state index < -0.39 is 0 Å². The molecule has 1 saturated heterocycles. The number of piperidine rings is 1. The first-order valence-electron chi connectivity index (χ1n) is 9.33. The number of carbonyl (C=O) groups is 1. The molecule has 0 aromatic carbocycles. The largest absolute Gasteiger partial charge is 0.353 e.